The van der Waals surface area contributed by atoms with Crippen molar-refractivity contribution in [3.05, 3.63) is 124 Å². The molecule has 0 N–H and O–H groups in total. The summed E-state index contributed by atoms with van der Waals surface area (Å²) in [5.74, 6) is 0. The number of benzene rings is 4. The Morgan fingerprint density at radius 2 is 0.914 bits per heavy atom. The summed E-state index contributed by atoms with van der Waals surface area (Å²) in [5.41, 5.74) is 9.47. The molecular formula is C33H37OP. The first-order chi connectivity index (χ1) is 16.7. The molecule has 1 aliphatic rings. The second-order valence-corrected chi connectivity index (χ2v) is 15.4. The van der Waals surface area contributed by atoms with Crippen LogP contribution < -0.4 is 15.9 Å². The molecule has 1 fully saturated rings. The second-order valence-electron chi connectivity index (χ2n) is 10.6. The molecule has 180 valence electrons. The van der Waals surface area contributed by atoms with Crippen molar-refractivity contribution in [2.75, 3.05) is 0 Å². The van der Waals surface area contributed by atoms with Crippen LogP contribution in [0, 0.1) is 41.5 Å². The van der Waals surface area contributed by atoms with E-state index >= 15 is 0 Å². The Morgan fingerprint density at radius 3 is 1.26 bits per heavy atom. The zero-order chi connectivity index (χ0) is 25.0. The number of hydrogen-bond acceptors (Lipinski definition) is 1. The van der Waals surface area contributed by atoms with Crippen LogP contribution >= 0.6 is 6.83 Å². The van der Waals surface area contributed by atoms with Gasteiger partial charge in [-0.05, 0) is 0 Å². The number of rotatable bonds is 4. The molecule has 0 bridgehead atoms. The van der Waals surface area contributed by atoms with E-state index < -0.39 is 6.83 Å². The molecule has 0 amide bonds. The van der Waals surface area contributed by atoms with Crippen molar-refractivity contribution < 1.29 is 4.52 Å². The summed E-state index contributed by atoms with van der Waals surface area (Å²) in [4.78, 5) is 0. The second kappa shape index (κ2) is 8.44. The van der Waals surface area contributed by atoms with Crippen LogP contribution in [0.5, 0.6) is 0 Å². The van der Waals surface area contributed by atoms with Gasteiger partial charge < -0.3 is 0 Å². The molecule has 35 heavy (non-hydrogen) atoms. The topological polar surface area (TPSA) is 9.23 Å². The summed E-state index contributed by atoms with van der Waals surface area (Å²) in [5, 5.41) is 4.01. The first-order valence-electron chi connectivity index (χ1n) is 12.7. The molecule has 2 heteroatoms. The van der Waals surface area contributed by atoms with Crippen molar-refractivity contribution in [3.63, 3.8) is 0 Å². The van der Waals surface area contributed by atoms with Crippen LogP contribution in [-0.2, 0) is 4.52 Å². The number of aryl methyl sites for hydroxylation is 6. The molecule has 5 rings (SSSR count). The standard InChI is InChI=1S/C33H37OP/c1-22-13-16-30(19-25(22)4)35(31-17-14-23(2)26(5)20-31,32-18-15-24(3)27(6)21-32)28(7)33(34-35)29-11-9-8-10-12-29/h8-21,28,33H,1-7H3/t28-,33+/m0/s1. The van der Waals surface area contributed by atoms with Gasteiger partial charge in [0.25, 0.3) is 0 Å². The summed E-state index contributed by atoms with van der Waals surface area (Å²) >= 11 is 0. The van der Waals surface area contributed by atoms with Gasteiger partial charge in [-0.3, -0.25) is 0 Å². The molecule has 1 aliphatic heterocycles. The van der Waals surface area contributed by atoms with E-state index in [4.69, 9.17) is 4.52 Å². The van der Waals surface area contributed by atoms with E-state index in [1.165, 1.54) is 54.9 Å². The van der Waals surface area contributed by atoms with Gasteiger partial charge in [-0.1, -0.05) is 0 Å². The molecule has 0 radical (unpaired) electrons. The van der Waals surface area contributed by atoms with E-state index in [1.807, 2.05) is 0 Å². The molecule has 0 aliphatic carbocycles. The van der Waals surface area contributed by atoms with E-state index in [2.05, 4.69) is 133 Å². The van der Waals surface area contributed by atoms with Gasteiger partial charge in [0.05, 0.1) is 0 Å². The monoisotopic (exact) mass is 480 g/mol. The van der Waals surface area contributed by atoms with Gasteiger partial charge in [-0.2, -0.15) is 0 Å². The van der Waals surface area contributed by atoms with Crippen LogP contribution in [0.4, 0.5) is 0 Å². The minimum atomic E-state index is -3.26. The van der Waals surface area contributed by atoms with Crippen molar-refractivity contribution in [3.8, 4) is 0 Å². The van der Waals surface area contributed by atoms with Gasteiger partial charge in [-0.15, -0.1) is 0 Å². The summed E-state index contributed by atoms with van der Waals surface area (Å²) in [6.07, 6.45) is 0.0543. The van der Waals surface area contributed by atoms with Crippen LogP contribution in [0.2, 0.25) is 0 Å². The Hall–Kier alpha value is -2.73. The van der Waals surface area contributed by atoms with Gasteiger partial charge in [-0.25, -0.2) is 0 Å². The third-order valence-corrected chi connectivity index (χ3v) is 15.1. The first kappa shape index (κ1) is 24.0. The van der Waals surface area contributed by atoms with Gasteiger partial charge in [0.2, 0.25) is 0 Å². The van der Waals surface area contributed by atoms with Crippen molar-refractivity contribution in [2.45, 2.75) is 60.2 Å². The van der Waals surface area contributed by atoms with Crippen molar-refractivity contribution in [2.24, 2.45) is 0 Å². The van der Waals surface area contributed by atoms with Crippen LogP contribution in [-0.4, -0.2) is 5.66 Å². The van der Waals surface area contributed by atoms with Crippen LogP contribution in [0.15, 0.2) is 84.9 Å². The van der Waals surface area contributed by atoms with Gasteiger partial charge in [0.1, 0.15) is 0 Å². The molecule has 4 aromatic carbocycles. The molecule has 0 aromatic heterocycles. The average Bonchev–Trinajstić information content (AvgIpc) is 2.85. The van der Waals surface area contributed by atoms with Crippen LogP contribution in [0.3, 0.4) is 0 Å². The molecule has 4 aromatic rings. The fraction of sp³-hybridized carbons (Fsp3) is 0.273. The summed E-state index contributed by atoms with van der Waals surface area (Å²) in [6, 6.07) is 31.9. The molecule has 1 saturated heterocycles. The molecule has 1 heterocycles. The summed E-state index contributed by atoms with van der Waals surface area (Å²) < 4.78 is 7.59. The first-order valence-corrected chi connectivity index (χ1v) is 14.9. The van der Waals surface area contributed by atoms with Gasteiger partial charge in [0, 0.05) is 0 Å². The van der Waals surface area contributed by atoms with Crippen molar-refractivity contribution in [1.29, 1.82) is 0 Å². The summed E-state index contributed by atoms with van der Waals surface area (Å²) in [6.45, 7) is 12.4. The predicted molar refractivity (Wildman–Crippen MR) is 153 cm³/mol. The van der Waals surface area contributed by atoms with Crippen LogP contribution in [0.1, 0.15) is 52.0 Å². The molecule has 2 atom stereocenters. The normalized spacial score (nSPS) is 21.5. The van der Waals surface area contributed by atoms with E-state index in [1.54, 1.807) is 0 Å². The van der Waals surface area contributed by atoms with Crippen molar-refractivity contribution >= 4 is 22.7 Å². The molecule has 0 saturated carbocycles. The quantitative estimate of drug-likeness (QED) is 0.276. The van der Waals surface area contributed by atoms with E-state index in [0.29, 0.717) is 5.66 Å². The minimum absolute atomic E-state index is 0.0543. The van der Waals surface area contributed by atoms with Crippen molar-refractivity contribution in [1.82, 2.24) is 0 Å². The SMILES string of the molecule is Cc1ccc(P2(c3ccc(C)c(C)c3)(c3ccc(C)c(C)c3)O[C@@H](c3ccccc3)[C@@H]2C)cc1C. The Bertz CT molecular complexity index is 1290. The van der Waals surface area contributed by atoms with E-state index in [-0.39, 0.29) is 6.10 Å². The molecule has 0 spiro atoms. The Kier molecular flexibility index (Phi) is 5.78. The maximum absolute atomic E-state index is 7.59. The fourth-order valence-corrected chi connectivity index (χ4v) is 12.6. The number of hydrogen-bond donors (Lipinski definition) is 0. The third kappa shape index (κ3) is 3.29. The zero-order valence-electron chi connectivity index (χ0n) is 22.1. The molecule has 0 unspecified atom stereocenters. The fourth-order valence-electron chi connectivity index (χ4n) is 5.94. The Labute approximate surface area is 211 Å². The summed E-state index contributed by atoms with van der Waals surface area (Å²) in [7, 11) is 0. The van der Waals surface area contributed by atoms with E-state index in [0.717, 1.165) is 0 Å². The van der Waals surface area contributed by atoms with Gasteiger partial charge >= 0.3 is 211 Å². The average molecular weight is 481 g/mol. The maximum atomic E-state index is 7.59. The zero-order valence-corrected chi connectivity index (χ0v) is 23.0. The predicted octanol–water partition coefficient (Wildman–Crippen LogP) is 7.44. The third-order valence-electron chi connectivity index (χ3n) is 8.69. The van der Waals surface area contributed by atoms with Gasteiger partial charge in [0.15, 0.2) is 0 Å². The Morgan fingerprint density at radius 1 is 0.514 bits per heavy atom. The molecular weight excluding hydrogens is 443 g/mol. The van der Waals surface area contributed by atoms with Crippen LogP contribution in [0.25, 0.3) is 0 Å². The molecule has 1 nitrogen and oxygen atoms in total. The van der Waals surface area contributed by atoms with E-state index in [9.17, 15) is 0 Å². The Balaban J connectivity index is 1.91.